The number of hydrogen-bond acceptors (Lipinski definition) is 3. The Morgan fingerprint density at radius 2 is 1.81 bits per heavy atom. The lowest BCUT2D eigenvalue weighted by atomic mass is 9.99. The lowest BCUT2D eigenvalue weighted by Crippen LogP contribution is -2.50. The Kier molecular flexibility index (Phi) is 4.94. The van der Waals surface area contributed by atoms with Gasteiger partial charge in [-0.2, -0.15) is 0 Å². The SMILES string of the molecule is CN(C1CCN(Cc2ccccc2)CC1)C(CN)C1CC1. The fourth-order valence-electron chi connectivity index (χ4n) is 3.77. The molecule has 1 aliphatic carbocycles. The zero-order valence-electron chi connectivity index (χ0n) is 13.2. The van der Waals surface area contributed by atoms with Gasteiger partial charge in [-0.3, -0.25) is 9.80 Å². The number of likely N-dealkylation sites (N-methyl/N-ethyl adjacent to an activating group) is 1. The summed E-state index contributed by atoms with van der Waals surface area (Å²) < 4.78 is 0. The van der Waals surface area contributed by atoms with Crippen LogP contribution >= 0.6 is 0 Å². The first kappa shape index (κ1) is 15.0. The number of hydrogen-bond donors (Lipinski definition) is 1. The largest absolute Gasteiger partial charge is 0.329 e. The predicted octanol–water partition coefficient (Wildman–Crippen LogP) is 2.32. The average molecular weight is 287 g/mol. The van der Waals surface area contributed by atoms with Crippen LogP contribution in [0.1, 0.15) is 31.2 Å². The van der Waals surface area contributed by atoms with Crippen LogP contribution in [0, 0.1) is 5.92 Å². The second-order valence-electron chi connectivity index (χ2n) is 6.80. The molecule has 1 aliphatic heterocycles. The van der Waals surface area contributed by atoms with E-state index in [1.54, 1.807) is 0 Å². The van der Waals surface area contributed by atoms with Crippen molar-refractivity contribution in [1.82, 2.24) is 9.80 Å². The lowest BCUT2D eigenvalue weighted by molar-refractivity contribution is 0.0873. The molecule has 1 aromatic carbocycles. The third-order valence-electron chi connectivity index (χ3n) is 5.31. The Labute approximate surface area is 129 Å². The van der Waals surface area contributed by atoms with E-state index in [-0.39, 0.29) is 0 Å². The van der Waals surface area contributed by atoms with Crippen LogP contribution in [0.15, 0.2) is 30.3 Å². The molecule has 116 valence electrons. The van der Waals surface area contributed by atoms with Crippen molar-refractivity contribution in [2.75, 3.05) is 26.7 Å². The maximum Gasteiger partial charge on any atom is 0.0246 e. The van der Waals surface area contributed by atoms with Crippen LogP contribution in [0.3, 0.4) is 0 Å². The standard InChI is InChI=1S/C18H29N3/c1-20(18(13-19)16-7-8-16)17-9-11-21(12-10-17)14-15-5-3-2-4-6-15/h2-6,16-18H,7-14,19H2,1H3. The molecular weight excluding hydrogens is 258 g/mol. The highest BCUT2D eigenvalue weighted by Gasteiger charge is 2.36. The molecule has 1 saturated carbocycles. The van der Waals surface area contributed by atoms with Crippen molar-refractivity contribution >= 4 is 0 Å². The smallest absolute Gasteiger partial charge is 0.0246 e. The van der Waals surface area contributed by atoms with Gasteiger partial charge in [-0.25, -0.2) is 0 Å². The van der Waals surface area contributed by atoms with Crippen LogP contribution < -0.4 is 5.73 Å². The second kappa shape index (κ2) is 6.91. The monoisotopic (exact) mass is 287 g/mol. The van der Waals surface area contributed by atoms with Crippen molar-refractivity contribution in [2.45, 2.75) is 44.3 Å². The first-order valence-corrected chi connectivity index (χ1v) is 8.46. The summed E-state index contributed by atoms with van der Waals surface area (Å²) in [6.45, 7) is 4.35. The van der Waals surface area contributed by atoms with Gasteiger partial charge in [-0.05, 0) is 57.3 Å². The maximum atomic E-state index is 6.00. The summed E-state index contributed by atoms with van der Waals surface area (Å²) in [5.41, 5.74) is 7.43. The Hall–Kier alpha value is -0.900. The van der Waals surface area contributed by atoms with E-state index in [0.717, 1.165) is 25.0 Å². The Morgan fingerprint density at radius 3 is 2.38 bits per heavy atom. The molecule has 1 heterocycles. The van der Waals surface area contributed by atoms with Gasteiger partial charge in [0.2, 0.25) is 0 Å². The van der Waals surface area contributed by atoms with Crippen molar-refractivity contribution in [3.05, 3.63) is 35.9 Å². The fraction of sp³-hybridized carbons (Fsp3) is 0.667. The molecule has 1 aromatic rings. The summed E-state index contributed by atoms with van der Waals surface area (Å²) in [5, 5.41) is 0. The van der Waals surface area contributed by atoms with Gasteiger partial charge in [0.15, 0.2) is 0 Å². The molecule has 2 N–H and O–H groups in total. The molecule has 3 rings (SSSR count). The fourth-order valence-corrected chi connectivity index (χ4v) is 3.77. The molecule has 1 atom stereocenters. The van der Waals surface area contributed by atoms with Gasteiger partial charge < -0.3 is 5.73 Å². The van der Waals surface area contributed by atoms with Gasteiger partial charge in [-0.15, -0.1) is 0 Å². The summed E-state index contributed by atoms with van der Waals surface area (Å²) in [6, 6.07) is 12.2. The Balaban J connectivity index is 1.48. The molecule has 0 bridgehead atoms. The van der Waals surface area contributed by atoms with E-state index in [0.29, 0.717) is 6.04 Å². The lowest BCUT2D eigenvalue weighted by Gasteiger charge is -2.40. The van der Waals surface area contributed by atoms with Crippen LogP contribution in [0.4, 0.5) is 0 Å². The Morgan fingerprint density at radius 1 is 1.14 bits per heavy atom. The van der Waals surface area contributed by atoms with E-state index < -0.39 is 0 Å². The molecule has 3 heteroatoms. The number of nitrogens with zero attached hydrogens (tertiary/aromatic N) is 2. The van der Waals surface area contributed by atoms with Crippen molar-refractivity contribution < 1.29 is 0 Å². The van der Waals surface area contributed by atoms with E-state index in [1.165, 1.54) is 44.3 Å². The molecule has 21 heavy (non-hydrogen) atoms. The number of nitrogens with two attached hydrogens (primary N) is 1. The summed E-state index contributed by atoms with van der Waals surface area (Å²) in [6.07, 6.45) is 5.34. The average Bonchev–Trinajstić information content (AvgIpc) is 3.34. The van der Waals surface area contributed by atoms with Crippen LogP contribution in [0.5, 0.6) is 0 Å². The highest BCUT2D eigenvalue weighted by atomic mass is 15.2. The summed E-state index contributed by atoms with van der Waals surface area (Å²) in [5.74, 6) is 0.877. The normalized spacial score (nSPS) is 22.6. The second-order valence-corrected chi connectivity index (χ2v) is 6.80. The first-order chi connectivity index (χ1) is 10.3. The number of piperidine rings is 1. The molecular formula is C18H29N3. The summed E-state index contributed by atoms with van der Waals surface area (Å²) in [4.78, 5) is 5.19. The molecule has 1 saturated heterocycles. The third kappa shape index (κ3) is 3.85. The minimum absolute atomic E-state index is 0.621. The van der Waals surface area contributed by atoms with Crippen LogP contribution in [-0.2, 0) is 6.54 Å². The number of likely N-dealkylation sites (tertiary alicyclic amines) is 1. The van der Waals surface area contributed by atoms with Crippen LogP contribution in [-0.4, -0.2) is 48.6 Å². The minimum Gasteiger partial charge on any atom is -0.329 e. The predicted molar refractivity (Wildman–Crippen MR) is 88.1 cm³/mol. The number of rotatable bonds is 6. The van der Waals surface area contributed by atoms with E-state index in [2.05, 4.69) is 47.2 Å². The molecule has 0 spiro atoms. The van der Waals surface area contributed by atoms with Crippen LogP contribution in [0.2, 0.25) is 0 Å². The van der Waals surface area contributed by atoms with E-state index in [4.69, 9.17) is 5.73 Å². The number of benzene rings is 1. The molecule has 0 radical (unpaired) electrons. The zero-order chi connectivity index (χ0) is 14.7. The van der Waals surface area contributed by atoms with Gasteiger partial charge in [0.05, 0.1) is 0 Å². The van der Waals surface area contributed by atoms with Gasteiger partial charge in [-0.1, -0.05) is 30.3 Å². The third-order valence-corrected chi connectivity index (χ3v) is 5.31. The van der Waals surface area contributed by atoms with Gasteiger partial charge in [0, 0.05) is 25.2 Å². The maximum absolute atomic E-state index is 6.00. The molecule has 3 nitrogen and oxygen atoms in total. The summed E-state index contributed by atoms with van der Waals surface area (Å²) in [7, 11) is 2.30. The minimum atomic E-state index is 0.621. The van der Waals surface area contributed by atoms with E-state index in [1.807, 2.05) is 0 Å². The molecule has 1 unspecified atom stereocenters. The van der Waals surface area contributed by atoms with Gasteiger partial charge in [0.25, 0.3) is 0 Å². The van der Waals surface area contributed by atoms with E-state index in [9.17, 15) is 0 Å². The highest BCUT2D eigenvalue weighted by molar-refractivity contribution is 5.14. The van der Waals surface area contributed by atoms with Crippen molar-refractivity contribution in [3.63, 3.8) is 0 Å². The topological polar surface area (TPSA) is 32.5 Å². The molecule has 2 aliphatic rings. The van der Waals surface area contributed by atoms with Crippen molar-refractivity contribution in [2.24, 2.45) is 11.7 Å². The van der Waals surface area contributed by atoms with Crippen molar-refractivity contribution in [1.29, 1.82) is 0 Å². The summed E-state index contributed by atoms with van der Waals surface area (Å²) >= 11 is 0. The zero-order valence-corrected chi connectivity index (χ0v) is 13.2. The van der Waals surface area contributed by atoms with Gasteiger partial charge >= 0.3 is 0 Å². The van der Waals surface area contributed by atoms with Crippen LogP contribution in [0.25, 0.3) is 0 Å². The molecule has 0 aromatic heterocycles. The molecule has 0 amide bonds. The quantitative estimate of drug-likeness (QED) is 0.871. The Bertz CT molecular complexity index is 421. The van der Waals surface area contributed by atoms with Gasteiger partial charge in [0.1, 0.15) is 0 Å². The first-order valence-electron chi connectivity index (χ1n) is 8.46. The highest BCUT2D eigenvalue weighted by Crippen LogP contribution is 2.36. The molecule has 2 fully saturated rings. The van der Waals surface area contributed by atoms with Crippen molar-refractivity contribution in [3.8, 4) is 0 Å². The van der Waals surface area contributed by atoms with E-state index >= 15 is 0 Å².